The molecule has 1 amide bonds. The third-order valence-electron chi connectivity index (χ3n) is 3.28. The summed E-state index contributed by atoms with van der Waals surface area (Å²) in [6.45, 7) is 2.56. The molecule has 0 radical (unpaired) electrons. The minimum atomic E-state index is -0.332. The molecule has 0 saturated heterocycles. The van der Waals surface area contributed by atoms with Crippen LogP contribution in [0.15, 0.2) is 41.5 Å². The number of hydrogen-bond donors (Lipinski definition) is 1. The Morgan fingerprint density at radius 3 is 2.71 bits per heavy atom. The predicted octanol–water partition coefficient (Wildman–Crippen LogP) is 3.23. The normalized spacial score (nSPS) is 12.4. The number of hydrogen-bond acceptors (Lipinski definition) is 5. The number of benzene rings is 2. The molecule has 124 valence electrons. The minimum Gasteiger partial charge on any atom is -0.493 e. The summed E-state index contributed by atoms with van der Waals surface area (Å²) in [5.74, 6) is 1.51. The van der Waals surface area contributed by atoms with E-state index in [1.54, 1.807) is 36.4 Å². The summed E-state index contributed by atoms with van der Waals surface area (Å²) in [5, 5.41) is 4.54. The zero-order valence-electron chi connectivity index (χ0n) is 12.9. The number of nitrogens with zero attached hydrogens (tertiary/aromatic N) is 1. The van der Waals surface area contributed by atoms with Gasteiger partial charge in [-0.15, -0.1) is 0 Å². The second kappa shape index (κ2) is 7.23. The Kier molecular flexibility index (Phi) is 4.86. The van der Waals surface area contributed by atoms with Gasteiger partial charge in [0, 0.05) is 22.2 Å². The predicted molar refractivity (Wildman–Crippen MR) is 90.2 cm³/mol. The van der Waals surface area contributed by atoms with E-state index in [-0.39, 0.29) is 12.7 Å². The molecule has 7 heteroatoms. The number of ether oxygens (including phenoxy) is 3. The van der Waals surface area contributed by atoms with Crippen LogP contribution in [-0.4, -0.2) is 25.5 Å². The van der Waals surface area contributed by atoms with Crippen molar-refractivity contribution < 1.29 is 19.0 Å². The number of hydrazone groups is 1. The lowest BCUT2D eigenvalue weighted by atomic mass is 10.2. The Bertz CT molecular complexity index is 775. The maximum atomic E-state index is 12.0. The number of amides is 1. The quantitative estimate of drug-likeness (QED) is 0.666. The summed E-state index contributed by atoms with van der Waals surface area (Å²) < 4.78 is 16.2. The van der Waals surface area contributed by atoms with Gasteiger partial charge in [0.15, 0.2) is 11.5 Å². The lowest BCUT2D eigenvalue weighted by Gasteiger charge is -2.08. The maximum Gasteiger partial charge on any atom is 0.271 e. The summed E-state index contributed by atoms with van der Waals surface area (Å²) in [6.07, 6.45) is 1.50. The van der Waals surface area contributed by atoms with Crippen molar-refractivity contribution in [1.29, 1.82) is 0 Å². The van der Waals surface area contributed by atoms with Crippen molar-refractivity contribution in [3.8, 4) is 17.2 Å². The molecule has 0 aliphatic carbocycles. The number of fused-ring (bicyclic) bond motifs is 1. The Hall–Kier alpha value is -2.73. The van der Waals surface area contributed by atoms with Crippen LogP contribution in [0.2, 0.25) is 5.02 Å². The van der Waals surface area contributed by atoms with E-state index < -0.39 is 0 Å². The van der Waals surface area contributed by atoms with Crippen LogP contribution < -0.4 is 19.6 Å². The molecule has 1 N–H and O–H groups in total. The van der Waals surface area contributed by atoms with Gasteiger partial charge in [-0.25, -0.2) is 5.43 Å². The molecule has 6 nitrogen and oxygen atoms in total. The van der Waals surface area contributed by atoms with Crippen LogP contribution in [0.4, 0.5) is 0 Å². The van der Waals surface area contributed by atoms with Crippen LogP contribution >= 0.6 is 11.6 Å². The van der Waals surface area contributed by atoms with Crippen molar-refractivity contribution >= 4 is 23.7 Å². The zero-order valence-corrected chi connectivity index (χ0v) is 13.7. The van der Waals surface area contributed by atoms with Crippen molar-refractivity contribution in [2.45, 2.75) is 6.92 Å². The van der Waals surface area contributed by atoms with Crippen molar-refractivity contribution in [2.24, 2.45) is 5.10 Å². The molecule has 0 bridgehead atoms. The first kappa shape index (κ1) is 16.1. The lowest BCUT2D eigenvalue weighted by molar-refractivity contribution is 0.0955. The summed E-state index contributed by atoms with van der Waals surface area (Å²) >= 11 is 5.80. The van der Waals surface area contributed by atoms with Gasteiger partial charge in [-0.2, -0.15) is 5.10 Å². The Balaban J connectivity index is 1.74. The molecule has 0 fully saturated rings. The van der Waals surface area contributed by atoms with E-state index in [1.807, 2.05) is 6.92 Å². The summed E-state index contributed by atoms with van der Waals surface area (Å²) in [5.41, 5.74) is 3.61. The van der Waals surface area contributed by atoms with Gasteiger partial charge in [0.05, 0.1) is 12.8 Å². The Labute approximate surface area is 144 Å². The molecule has 3 rings (SSSR count). The van der Waals surface area contributed by atoms with Crippen LogP contribution in [0.5, 0.6) is 17.2 Å². The molecule has 1 aliphatic heterocycles. The molecular formula is C17H15ClN2O4. The third kappa shape index (κ3) is 3.60. The second-order valence-corrected chi connectivity index (χ2v) is 5.32. The van der Waals surface area contributed by atoms with E-state index in [0.29, 0.717) is 40.0 Å². The highest BCUT2D eigenvalue weighted by Crippen LogP contribution is 2.37. The maximum absolute atomic E-state index is 12.0. The van der Waals surface area contributed by atoms with Crippen LogP contribution in [-0.2, 0) is 0 Å². The fourth-order valence-corrected chi connectivity index (χ4v) is 2.27. The average Bonchev–Trinajstić information content (AvgIpc) is 3.03. The number of nitrogens with one attached hydrogen (secondary N) is 1. The molecule has 2 aromatic carbocycles. The van der Waals surface area contributed by atoms with Gasteiger partial charge in [0.1, 0.15) is 5.75 Å². The van der Waals surface area contributed by atoms with Gasteiger partial charge >= 0.3 is 0 Å². The largest absolute Gasteiger partial charge is 0.493 e. The first-order chi connectivity index (χ1) is 11.7. The molecule has 1 heterocycles. The fourth-order valence-electron chi connectivity index (χ4n) is 2.15. The Morgan fingerprint density at radius 1 is 1.29 bits per heavy atom. The van der Waals surface area contributed by atoms with Crippen molar-refractivity contribution in [3.05, 3.63) is 52.5 Å². The van der Waals surface area contributed by atoms with Crippen molar-refractivity contribution in [2.75, 3.05) is 13.4 Å². The van der Waals surface area contributed by atoms with E-state index in [2.05, 4.69) is 10.5 Å². The standard InChI is InChI=1S/C17H15ClN2O4/c1-2-22-14-8-16-15(23-10-24-16)7-12(14)9-19-20-17(21)11-3-5-13(18)6-4-11/h3-9H,2,10H2,1H3,(H,20,21)/b19-9+. The molecule has 0 unspecified atom stereocenters. The van der Waals surface area contributed by atoms with E-state index in [9.17, 15) is 4.79 Å². The van der Waals surface area contributed by atoms with Gasteiger partial charge in [-0.1, -0.05) is 11.6 Å². The highest BCUT2D eigenvalue weighted by Gasteiger charge is 2.17. The van der Waals surface area contributed by atoms with Crippen LogP contribution in [0.25, 0.3) is 0 Å². The van der Waals surface area contributed by atoms with Crippen LogP contribution in [0.3, 0.4) is 0 Å². The van der Waals surface area contributed by atoms with Gasteiger partial charge < -0.3 is 14.2 Å². The van der Waals surface area contributed by atoms with E-state index in [0.717, 1.165) is 0 Å². The smallest absolute Gasteiger partial charge is 0.271 e. The van der Waals surface area contributed by atoms with Crippen molar-refractivity contribution in [3.63, 3.8) is 0 Å². The highest BCUT2D eigenvalue weighted by atomic mass is 35.5. The SMILES string of the molecule is CCOc1cc2c(cc1/C=N/NC(=O)c1ccc(Cl)cc1)OCO2. The summed E-state index contributed by atoms with van der Waals surface area (Å²) in [4.78, 5) is 12.0. The fraction of sp³-hybridized carbons (Fsp3) is 0.176. The van der Waals surface area contributed by atoms with Gasteiger partial charge in [-0.05, 0) is 37.3 Å². The molecule has 0 atom stereocenters. The monoisotopic (exact) mass is 346 g/mol. The molecule has 0 saturated carbocycles. The summed E-state index contributed by atoms with van der Waals surface area (Å²) in [6, 6.07) is 10.0. The second-order valence-electron chi connectivity index (χ2n) is 4.88. The number of carbonyl (C=O) groups excluding carboxylic acids is 1. The zero-order chi connectivity index (χ0) is 16.9. The molecule has 2 aromatic rings. The van der Waals surface area contributed by atoms with Gasteiger partial charge in [0.2, 0.25) is 6.79 Å². The van der Waals surface area contributed by atoms with Gasteiger partial charge in [0.25, 0.3) is 5.91 Å². The van der Waals surface area contributed by atoms with Crippen molar-refractivity contribution in [1.82, 2.24) is 5.43 Å². The highest BCUT2D eigenvalue weighted by molar-refractivity contribution is 6.30. The first-order valence-electron chi connectivity index (χ1n) is 7.33. The number of rotatable bonds is 5. The van der Waals surface area contributed by atoms with E-state index in [4.69, 9.17) is 25.8 Å². The molecule has 0 aromatic heterocycles. The third-order valence-corrected chi connectivity index (χ3v) is 3.53. The molecule has 1 aliphatic rings. The molecule has 24 heavy (non-hydrogen) atoms. The Morgan fingerprint density at radius 2 is 2.00 bits per heavy atom. The molecular weight excluding hydrogens is 332 g/mol. The lowest BCUT2D eigenvalue weighted by Crippen LogP contribution is -2.17. The number of carbonyl (C=O) groups is 1. The number of halogens is 1. The van der Waals surface area contributed by atoms with E-state index in [1.165, 1.54) is 6.21 Å². The minimum absolute atomic E-state index is 0.175. The van der Waals surface area contributed by atoms with E-state index >= 15 is 0 Å². The van der Waals surface area contributed by atoms with Gasteiger partial charge in [-0.3, -0.25) is 4.79 Å². The van der Waals surface area contributed by atoms with Crippen LogP contribution in [0, 0.1) is 0 Å². The molecule has 0 spiro atoms. The first-order valence-corrected chi connectivity index (χ1v) is 7.70. The topological polar surface area (TPSA) is 69.2 Å². The average molecular weight is 347 g/mol. The summed E-state index contributed by atoms with van der Waals surface area (Å²) in [7, 11) is 0. The van der Waals surface area contributed by atoms with Crippen LogP contribution in [0.1, 0.15) is 22.8 Å².